The third kappa shape index (κ3) is 4.82. The van der Waals surface area contributed by atoms with E-state index in [-0.39, 0.29) is 0 Å². The van der Waals surface area contributed by atoms with Crippen molar-refractivity contribution in [3.63, 3.8) is 0 Å². The Morgan fingerprint density at radius 1 is 1.07 bits per heavy atom. The molecule has 84 valence electrons. The number of hydrogen-bond donors (Lipinski definition) is 0. The van der Waals surface area contributed by atoms with Crippen molar-refractivity contribution in [1.82, 2.24) is 0 Å². The predicted molar refractivity (Wildman–Crippen MR) is 68.0 cm³/mol. The van der Waals surface area contributed by atoms with Crippen LogP contribution in [0.25, 0.3) is 0 Å². The van der Waals surface area contributed by atoms with E-state index in [0.29, 0.717) is 0 Å². The van der Waals surface area contributed by atoms with Crippen LogP contribution < -0.4 is 0 Å². The molecule has 0 bridgehead atoms. The molecule has 0 aliphatic heterocycles. The fraction of sp³-hybridized carbons (Fsp3) is 1.00. The fourth-order valence-corrected chi connectivity index (χ4v) is 3.35. The first-order valence-electron chi connectivity index (χ1n) is 6.48. The van der Waals surface area contributed by atoms with Gasteiger partial charge in [0, 0.05) is 4.83 Å². The monoisotopic (exact) mass is 260 g/mol. The molecular formula is C13H25Br. The molecule has 1 saturated carbocycles. The molecule has 14 heavy (non-hydrogen) atoms. The van der Waals surface area contributed by atoms with Gasteiger partial charge in [-0.3, -0.25) is 0 Å². The second-order valence-corrected chi connectivity index (χ2v) is 5.94. The lowest BCUT2D eigenvalue weighted by atomic mass is 9.99. The molecule has 0 aromatic rings. The third-order valence-corrected chi connectivity index (χ3v) is 4.70. The highest BCUT2D eigenvalue weighted by Crippen LogP contribution is 2.33. The van der Waals surface area contributed by atoms with E-state index in [4.69, 9.17) is 0 Å². The second kappa shape index (κ2) is 7.73. The van der Waals surface area contributed by atoms with Crippen molar-refractivity contribution >= 4 is 15.9 Å². The van der Waals surface area contributed by atoms with Crippen LogP contribution in [-0.4, -0.2) is 4.83 Å². The molecule has 0 amide bonds. The van der Waals surface area contributed by atoms with Crippen LogP contribution in [0, 0.1) is 5.92 Å². The predicted octanol–water partition coefficient (Wildman–Crippen LogP) is 5.30. The molecule has 1 aliphatic carbocycles. The Balaban J connectivity index is 1.94. The fourth-order valence-electron chi connectivity index (χ4n) is 2.50. The summed E-state index contributed by atoms with van der Waals surface area (Å²) in [7, 11) is 0. The molecule has 1 heteroatoms. The Morgan fingerprint density at radius 3 is 2.36 bits per heavy atom. The van der Waals surface area contributed by atoms with Gasteiger partial charge in [-0.05, 0) is 25.2 Å². The van der Waals surface area contributed by atoms with E-state index in [2.05, 4.69) is 22.9 Å². The zero-order chi connectivity index (χ0) is 10.2. The first-order chi connectivity index (χ1) is 6.84. The topological polar surface area (TPSA) is 0 Å². The molecule has 1 unspecified atom stereocenters. The first kappa shape index (κ1) is 12.5. The van der Waals surface area contributed by atoms with Crippen molar-refractivity contribution in [3.05, 3.63) is 0 Å². The molecular weight excluding hydrogens is 236 g/mol. The van der Waals surface area contributed by atoms with Gasteiger partial charge in [0.2, 0.25) is 0 Å². The van der Waals surface area contributed by atoms with Crippen LogP contribution in [0.1, 0.15) is 71.1 Å². The molecule has 1 fully saturated rings. The maximum atomic E-state index is 3.87. The van der Waals surface area contributed by atoms with Gasteiger partial charge in [0.05, 0.1) is 0 Å². The zero-order valence-electron chi connectivity index (χ0n) is 9.60. The highest BCUT2D eigenvalue weighted by atomic mass is 79.9. The first-order valence-corrected chi connectivity index (χ1v) is 7.40. The molecule has 0 saturated heterocycles. The molecule has 0 radical (unpaired) electrons. The van der Waals surface area contributed by atoms with Crippen LogP contribution >= 0.6 is 15.9 Å². The van der Waals surface area contributed by atoms with Gasteiger partial charge >= 0.3 is 0 Å². The van der Waals surface area contributed by atoms with Crippen molar-refractivity contribution in [2.75, 3.05) is 0 Å². The van der Waals surface area contributed by atoms with E-state index in [9.17, 15) is 0 Å². The molecule has 1 aliphatic rings. The van der Waals surface area contributed by atoms with Gasteiger partial charge in [0.15, 0.2) is 0 Å². The molecule has 1 atom stereocenters. The summed E-state index contributed by atoms with van der Waals surface area (Å²) in [4.78, 5) is 0.826. The third-order valence-electron chi connectivity index (χ3n) is 3.49. The van der Waals surface area contributed by atoms with E-state index in [1.807, 2.05) is 0 Å². The summed E-state index contributed by atoms with van der Waals surface area (Å²) < 4.78 is 0. The van der Waals surface area contributed by atoms with Gasteiger partial charge in [-0.2, -0.15) is 0 Å². The lowest BCUT2D eigenvalue weighted by Crippen LogP contribution is -2.10. The van der Waals surface area contributed by atoms with Gasteiger partial charge < -0.3 is 0 Å². The van der Waals surface area contributed by atoms with E-state index in [0.717, 1.165) is 10.7 Å². The Hall–Kier alpha value is 0.480. The summed E-state index contributed by atoms with van der Waals surface area (Å²) in [5, 5.41) is 0. The van der Waals surface area contributed by atoms with Crippen LogP contribution in [0.5, 0.6) is 0 Å². The normalized spacial score (nSPS) is 20.1. The van der Waals surface area contributed by atoms with Crippen molar-refractivity contribution in [2.24, 2.45) is 5.92 Å². The molecule has 0 nitrogen and oxygen atoms in total. The molecule has 0 N–H and O–H groups in total. The lowest BCUT2D eigenvalue weighted by Gasteiger charge is -2.16. The number of alkyl halides is 1. The Labute approximate surface area is 98.0 Å². The van der Waals surface area contributed by atoms with Crippen LogP contribution in [0.2, 0.25) is 0 Å². The van der Waals surface area contributed by atoms with Gasteiger partial charge in [-0.15, -0.1) is 0 Å². The van der Waals surface area contributed by atoms with Gasteiger partial charge in [-0.25, -0.2) is 0 Å². The summed E-state index contributed by atoms with van der Waals surface area (Å²) in [5.41, 5.74) is 0. The Morgan fingerprint density at radius 2 is 1.71 bits per heavy atom. The van der Waals surface area contributed by atoms with E-state index >= 15 is 0 Å². The van der Waals surface area contributed by atoms with Gasteiger partial charge in [-0.1, -0.05) is 67.8 Å². The summed E-state index contributed by atoms with van der Waals surface area (Å²) in [5.74, 6) is 1.00. The largest absolute Gasteiger partial charge is 0.0888 e. The van der Waals surface area contributed by atoms with Crippen LogP contribution in [0.4, 0.5) is 0 Å². The molecule has 0 heterocycles. The van der Waals surface area contributed by atoms with Crippen molar-refractivity contribution in [3.8, 4) is 0 Å². The van der Waals surface area contributed by atoms with E-state index in [1.54, 1.807) is 0 Å². The number of hydrogen-bond acceptors (Lipinski definition) is 0. The molecule has 1 rings (SSSR count). The van der Waals surface area contributed by atoms with Crippen molar-refractivity contribution in [1.29, 1.82) is 0 Å². The standard InChI is InChI=1S/C13H25Br/c1-2-3-4-5-6-11-13(14)12-9-7-8-10-12/h12-13H,2-11H2,1H3. The summed E-state index contributed by atoms with van der Waals surface area (Å²) in [6.07, 6.45) is 14.4. The van der Waals surface area contributed by atoms with Crippen molar-refractivity contribution in [2.45, 2.75) is 76.0 Å². The Kier molecular flexibility index (Phi) is 6.93. The number of halogens is 1. The Bertz CT molecular complexity index is 127. The van der Waals surface area contributed by atoms with Gasteiger partial charge in [0.25, 0.3) is 0 Å². The average molecular weight is 261 g/mol. The van der Waals surface area contributed by atoms with Crippen molar-refractivity contribution < 1.29 is 0 Å². The van der Waals surface area contributed by atoms with Gasteiger partial charge in [0.1, 0.15) is 0 Å². The average Bonchev–Trinajstić information content (AvgIpc) is 2.70. The maximum absolute atomic E-state index is 3.87. The minimum atomic E-state index is 0.826. The molecule has 0 aromatic heterocycles. The van der Waals surface area contributed by atoms with E-state index in [1.165, 1.54) is 64.2 Å². The second-order valence-electron chi connectivity index (χ2n) is 4.76. The maximum Gasteiger partial charge on any atom is 0.0174 e. The summed E-state index contributed by atoms with van der Waals surface area (Å²) >= 11 is 3.87. The van der Waals surface area contributed by atoms with E-state index < -0.39 is 0 Å². The summed E-state index contributed by atoms with van der Waals surface area (Å²) in [6, 6.07) is 0. The zero-order valence-corrected chi connectivity index (χ0v) is 11.2. The SMILES string of the molecule is CCCCCCCC(Br)C1CCCC1. The van der Waals surface area contributed by atoms with Crippen LogP contribution in [0.15, 0.2) is 0 Å². The smallest absolute Gasteiger partial charge is 0.0174 e. The highest BCUT2D eigenvalue weighted by Gasteiger charge is 2.21. The lowest BCUT2D eigenvalue weighted by molar-refractivity contribution is 0.482. The van der Waals surface area contributed by atoms with Crippen LogP contribution in [-0.2, 0) is 0 Å². The quantitative estimate of drug-likeness (QED) is 0.431. The minimum Gasteiger partial charge on any atom is -0.0888 e. The number of unbranched alkanes of at least 4 members (excludes halogenated alkanes) is 4. The summed E-state index contributed by atoms with van der Waals surface area (Å²) in [6.45, 7) is 2.28. The number of rotatable bonds is 7. The highest BCUT2D eigenvalue weighted by molar-refractivity contribution is 9.09. The van der Waals surface area contributed by atoms with Crippen LogP contribution in [0.3, 0.4) is 0 Å². The minimum absolute atomic E-state index is 0.826. The molecule has 0 spiro atoms. The molecule has 0 aromatic carbocycles.